The second-order valence-corrected chi connectivity index (χ2v) is 4.20. The van der Waals surface area contributed by atoms with E-state index in [0.29, 0.717) is 11.5 Å². The van der Waals surface area contributed by atoms with Gasteiger partial charge in [0.1, 0.15) is 11.5 Å². The van der Waals surface area contributed by atoms with Crippen molar-refractivity contribution in [2.45, 2.75) is 45.6 Å². The lowest BCUT2D eigenvalue weighted by Gasteiger charge is -2.17. The molecule has 0 saturated heterocycles. The van der Waals surface area contributed by atoms with E-state index in [2.05, 4.69) is 24.1 Å². The number of carbonyl (C=O) groups is 1. The van der Waals surface area contributed by atoms with E-state index in [-0.39, 0.29) is 11.9 Å². The molecule has 94 valence electrons. The summed E-state index contributed by atoms with van der Waals surface area (Å²) in [5.74, 6) is 0.240. The van der Waals surface area contributed by atoms with Gasteiger partial charge < -0.3 is 11.1 Å². The predicted molar refractivity (Wildman–Crippen MR) is 69.7 cm³/mol. The van der Waals surface area contributed by atoms with E-state index >= 15 is 0 Å². The highest BCUT2D eigenvalue weighted by Crippen LogP contribution is 2.07. The molecular weight excluding hydrogens is 214 g/mol. The molecule has 0 aromatic carbocycles. The number of aromatic nitrogens is 1. The molecule has 0 bridgehead atoms. The number of rotatable bonds is 6. The van der Waals surface area contributed by atoms with Crippen molar-refractivity contribution in [3.63, 3.8) is 0 Å². The molecule has 1 aromatic rings. The molecule has 0 spiro atoms. The number of carbonyl (C=O) groups excluding carboxylic acids is 1. The topological polar surface area (TPSA) is 68.0 Å². The second-order valence-electron chi connectivity index (χ2n) is 4.20. The maximum Gasteiger partial charge on any atom is 0.270 e. The minimum Gasteiger partial charge on any atom is -0.384 e. The first-order valence-electron chi connectivity index (χ1n) is 6.20. The summed E-state index contributed by atoms with van der Waals surface area (Å²) in [7, 11) is 0. The third-order valence-corrected chi connectivity index (χ3v) is 2.61. The molecule has 3 N–H and O–H groups in total. The van der Waals surface area contributed by atoms with E-state index in [0.717, 1.165) is 25.7 Å². The first-order chi connectivity index (χ1) is 8.17. The number of nitrogens with zero attached hydrogens (tertiary/aromatic N) is 1. The van der Waals surface area contributed by atoms with Crippen LogP contribution in [0.3, 0.4) is 0 Å². The Morgan fingerprint density at radius 1 is 1.35 bits per heavy atom. The Morgan fingerprint density at radius 2 is 2.00 bits per heavy atom. The van der Waals surface area contributed by atoms with Crippen LogP contribution in [0.25, 0.3) is 0 Å². The summed E-state index contributed by atoms with van der Waals surface area (Å²) in [4.78, 5) is 15.9. The highest BCUT2D eigenvalue weighted by molar-refractivity contribution is 5.92. The van der Waals surface area contributed by atoms with Crippen molar-refractivity contribution in [2.24, 2.45) is 0 Å². The smallest absolute Gasteiger partial charge is 0.270 e. The van der Waals surface area contributed by atoms with E-state index in [9.17, 15) is 4.79 Å². The number of nitrogen functional groups attached to an aromatic ring is 1. The number of hydrogen-bond donors (Lipinski definition) is 2. The highest BCUT2D eigenvalue weighted by atomic mass is 16.1. The van der Waals surface area contributed by atoms with Crippen molar-refractivity contribution in [3.8, 4) is 0 Å². The van der Waals surface area contributed by atoms with E-state index in [4.69, 9.17) is 5.73 Å². The van der Waals surface area contributed by atoms with E-state index in [1.165, 1.54) is 0 Å². The molecule has 0 saturated carbocycles. The van der Waals surface area contributed by atoms with Gasteiger partial charge in [-0.15, -0.1) is 0 Å². The summed E-state index contributed by atoms with van der Waals surface area (Å²) < 4.78 is 0. The average molecular weight is 235 g/mol. The standard InChI is InChI=1S/C13H21N3O/c1-3-6-10(7-4-2)15-13(17)11-8-5-9-12(14)16-11/h5,8-10H,3-4,6-7H2,1-2H3,(H2,14,16)(H,15,17). The monoisotopic (exact) mass is 235 g/mol. The van der Waals surface area contributed by atoms with Gasteiger partial charge in [0, 0.05) is 6.04 Å². The van der Waals surface area contributed by atoms with Crippen LogP contribution < -0.4 is 11.1 Å². The van der Waals surface area contributed by atoms with Gasteiger partial charge in [0.25, 0.3) is 5.91 Å². The van der Waals surface area contributed by atoms with Crippen LogP contribution in [0, 0.1) is 0 Å². The predicted octanol–water partition coefficient (Wildman–Crippen LogP) is 2.36. The molecule has 1 heterocycles. The number of pyridine rings is 1. The molecule has 0 radical (unpaired) electrons. The Bertz CT molecular complexity index is 359. The van der Waals surface area contributed by atoms with Crippen molar-refractivity contribution >= 4 is 11.7 Å². The maximum atomic E-state index is 11.9. The summed E-state index contributed by atoms with van der Waals surface area (Å²) in [6.07, 6.45) is 4.13. The Hall–Kier alpha value is -1.58. The van der Waals surface area contributed by atoms with Crippen molar-refractivity contribution in [3.05, 3.63) is 23.9 Å². The van der Waals surface area contributed by atoms with Crippen LogP contribution >= 0.6 is 0 Å². The molecule has 4 heteroatoms. The zero-order chi connectivity index (χ0) is 12.7. The van der Waals surface area contributed by atoms with Gasteiger partial charge in [-0.3, -0.25) is 4.79 Å². The lowest BCUT2D eigenvalue weighted by molar-refractivity contribution is 0.0927. The zero-order valence-electron chi connectivity index (χ0n) is 10.6. The van der Waals surface area contributed by atoms with E-state index < -0.39 is 0 Å². The first kappa shape index (κ1) is 13.5. The fourth-order valence-corrected chi connectivity index (χ4v) is 1.82. The Labute approximate surface area is 103 Å². The third-order valence-electron chi connectivity index (χ3n) is 2.61. The summed E-state index contributed by atoms with van der Waals surface area (Å²) >= 11 is 0. The van der Waals surface area contributed by atoms with E-state index in [1.807, 2.05) is 0 Å². The number of nitrogens with one attached hydrogen (secondary N) is 1. The minimum absolute atomic E-state index is 0.135. The number of nitrogens with two attached hydrogens (primary N) is 1. The van der Waals surface area contributed by atoms with Crippen LogP contribution in [-0.2, 0) is 0 Å². The van der Waals surface area contributed by atoms with Crippen molar-refractivity contribution < 1.29 is 4.79 Å². The van der Waals surface area contributed by atoms with Gasteiger partial charge in [0.05, 0.1) is 0 Å². The molecule has 0 aliphatic heterocycles. The summed E-state index contributed by atoms with van der Waals surface area (Å²) in [5, 5.41) is 3.01. The first-order valence-corrected chi connectivity index (χ1v) is 6.20. The molecule has 4 nitrogen and oxygen atoms in total. The van der Waals surface area contributed by atoms with Crippen molar-refractivity contribution in [2.75, 3.05) is 5.73 Å². The molecule has 0 aliphatic carbocycles. The van der Waals surface area contributed by atoms with Crippen molar-refractivity contribution in [1.82, 2.24) is 10.3 Å². The van der Waals surface area contributed by atoms with Gasteiger partial charge >= 0.3 is 0 Å². The zero-order valence-corrected chi connectivity index (χ0v) is 10.6. The van der Waals surface area contributed by atoms with Gasteiger partial charge in [-0.1, -0.05) is 32.8 Å². The van der Waals surface area contributed by atoms with Crippen LogP contribution in [0.1, 0.15) is 50.0 Å². The molecule has 0 atom stereocenters. The van der Waals surface area contributed by atoms with Crippen LogP contribution in [0.4, 0.5) is 5.82 Å². The Morgan fingerprint density at radius 3 is 2.53 bits per heavy atom. The van der Waals surface area contributed by atoms with E-state index in [1.54, 1.807) is 18.2 Å². The molecular formula is C13H21N3O. The third kappa shape index (κ3) is 4.43. The van der Waals surface area contributed by atoms with Gasteiger partial charge in [-0.25, -0.2) is 4.98 Å². The lowest BCUT2D eigenvalue weighted by atomic mass is 10.1. The summed E-state index contributed by atoms with van der Waals surface area (Å²) in [5.41, 5.74) is 5.94. The molecule has 1 amide bonds. The number of anilines is 1. The van der Waals surface area contributed by atoms with Gasteiger partial charge in [-0.2, -0.15) is 0 Å². The lowest BCUT2D eigenvalue weighted by Crippen LogP contribution is -2.35. The Balaban J connectivity index is 2.63. The minimum atomic E-state index is -0.135. The fraction of sp³-hybridized carbons (Fsp3) is 0.538. The van der Waals surface area contributed by atoms with Gasteiger partial charge in [-0.05, 0) is 25.0 Å². The molecule has 1 rings (SSSR count). The molecule has 0 unspecified atom stereocenters. The number of hydrogen-bond acceptors (Lipinski definition) is 3. The molecule has 0 aliphatic rings. The quantitative estimate of drug-likeness (QED) is 0.795. The maximum absolute atomic E-state index is 11.9. The largest absolute Gasteiger partial charge is 0.384 e. The number of amides is 1. The van der Waals surface area contributed by atoms with Crippen LogP contribution in [0.5, 0.6) is 0 Å². The average Bonchev–Trinajstić information content (AvgIpc) is 2.29. The van der Waals surface area contributed by atoms with Crippen molar-refractivity contribution in [1.29, 1.82) is 0 Å². The Kier molecular flexibility index (Phi) is 5.46. The molecule has 1 aromatic heterocycles. The normalized spacial score (nSPS) is 10.5. The molecule has 17 heavy (non-hydrogen) atoms. The SMILES string of the molecule is CCCC(CCC)NC(=O)c1cccc(N)n1. The fourth-order valence-electron chi connectivity index (χ4n) is 1.82. The van der Waals surface area contributed by atoms with Crippen LogP contribution in [-0.4, -0.2) is 16.9 Å². The van der Waals surface area contributed by atoms with Crippen LogP contribution in [0.15, 0.2) is 18.2 Å². The summed E-state index contributed by atoms with van der Waals surface area (Å²) in [6, 6.07) is 5.33. The van der Waals surface area contributed by atoms with Crippen LogP contribution in [0.2, 0.25) is 0 Å². The van der Waals surface area contributed by atoms with Gasteiger partial charge in [0.15, 0.2) is 0 Å². The van der Waals surface area contributed by atoms with Gasteiger partial charge in [0.2, 0.25) is 0 Å². The highest BCUT2D eigenvalue weighted by Gasteiger charge is 2.13. The summed E-state index contributed by atoms with van der Waals surface area (Å²) in [6.45, 7) is 4.24. The second kappa shape index (κ2) is 6.89. The molecule has 0 fully saturated rings.